The van der Waals surface area contributed by atoms with Crippen LogP contribution in [0.2, 0.25) is 0 Å². The second kappa shape index (κ2) is 9.78. The number of anilines is 2. The predicted molar refractivity (Wildman–Crippen MR) is 127 cm³/mol. The average Bonchev–Trinajstić information content (AvgIpc) is 2.85. The van der Waals surface area contributed by atoms with Gasteiger partial charge in [-0.05, 0) is 36.8 Å². The molecule has 8 nitrogen and oxygen atoms in total. The topological polar surface area (TPSA) is 105 Å². The molecular formula is C25H23N5O3. The van der Waals surface area contributed by atoms with E-state index in [1.807, 2.05) is 43.3 Å². The first-order valence-electron chi connectivity index (χ1n) is 10.6. The van der Waals surface area contributed by atoms with E-state index in [2.05, 4.69) is 21.3 Å². The summed E-state index contributed by atoms with van der Waals surface area (Å²) in [7, 11) is 0. The molecule has 0 bridgehead atoms. The number of amides is 2. The highest BCUT2D eigenvalue weighted by molar-refractivity contribution is 6.06. The molecule has 4 rings (SSSR count). The Labute approximate surface area is 190 Å². The Morgan fingerprint density at radius 3 is 2.21 bits per heavy atom. The van der Waals surface area contributed by atoms with Crippen molar-refractivity contribution in [2.45, 2.75) is 19.9 Å². The van der Waals surface area contributed by atoms with E-state index in [1.54, 1.807) is 42.5 Å². The molecule has 2 amide bonds. The van der Waals surface area contributed by atoms with Gasteiger partial charge in [-0.1, -0.05) is 55.5 Å². The van der Waals surface area contributed by atoms with E-state index >= 15 is 0 Å². The lowest BCUT2D eigenvalue weighted by atomic mass is 10.1. The summed E-state index contributed by atoms with van der Waals surface area (Å²) in [5, 5.41) is 8.27. The van der Waals surface area contributed by atoms with E-state index in [4.69, 9.17) is 0 Å². The van der Waals surface area contributed by atoms with Crippen molar-refractivity contribution >= 4 is 34.0 Å². The summed E-state index contributed by atoms with van der Waals surface area (Å²) in [6, 6.07) is 23.2. The van der Waals surface area contributed by atoms with Crippen molar-refractivity contribution in [3.8, 4) is 0 Å². The predicted octanol–water partition coefficient (Wildman–Crippen LogP) is 3.62. The number of hydrogen-bond acceptors (Lipinski definition) is 5. The molecule has 0 unspecified atom stereocenters. The van der Waals surface area contributed by atoms with Crippen molar-refractivity contribution in [3.63, 3.8) is 0 Å². The number of benzene rings is 3. The zero-order valence-corrected chi connectivity index (χ0v) is 18.0. The normalized spacial score (nSPS) is 10.6. The molecule has 1 heterocycles. The van der Waals surface area contributed by atoms with Gasteiger partial charge in [0.1, 0.15) is 0 Å². The molecule has 0 aliphatic rings. The summed E-state index contributed by atoms with van der Waals surface area (Å²) in [4.78, 5) is 38.4. The van der Waals surface area contributed by atoms with Gasteiger partial charge in [0.15, 0.2) is 5.69 Å². The van der Waals surface area contributed by atoms with E-state index in [9.17, 15) is 14.4 Å². The third kappa shape index (κ3) is 4.74. The Bertz CT molecular complexity index is 1370. The van der Waals surface area contributed by atoms with E-state index in [0.29, 0.717) is 35.0 Å². The lowest BCUT2D eigenvalue weighted by Gasteiger charge is -2.14. The minimum absolute atomic E-state index is 0.0645. The largest absolute Gasteiger partial charge is 0.355 e. The number of fused-ring (bicyclic) bond motifs is 1. The van der Waals surface area contributed by atoms with Gasteiger partial charge in [-0.25, -0.2) is 4.68 Å². The van der Waals surface area contributed by atoms with Gasteiger partial charge in [-0.2, -0.15) is 5.10 Å². The van der Waals surface area contributed by atoms with Crippen LogP contribution in [0.15, 0.2) is 83.7 Å². The summed E-state index contributed by atoms with van der Waals surface area (Å²) in [5.74, 6) is -1.11. The van der Waals surface area contributed by atoms with Crippen molar-refractivity contribution < 1.29 is 9.59 Å². The van der Waals surface area contributed by atoms with E-state index in [-0.39, 0.29) is 11.3 Å². The van der Waals surface area contributed by atoms with Gasteiger partial charge in [0.25, 0.3) is 17.4 Å². The van der Waals surface area contributed by atoms with Crippen LogP contribution < -0.4 is 21.7 Å². The number of hydrogen-bond donors (Lipinski definition) is 3. The van der Waals surface area contributed by atoms with Crippen LogP contribution in [0.5, 0.6) is 0 Å². The fraction of sp³-hybridized carbons (Fsp3) is 0.120. The summed E-state index contributed by atoms with van der Waals surface area (Å²) in [6.45, 7) is 2.30. The summed E-state index contributed by atoms with van der Waals surface area (Å²) < 4.78 is 1.28. The zero-order chi connectivity index (χ0) is 23.2. The maximum Gasteiger partial charge on any atom is 0.290 e. The van der Waals surface area contributed by atoms with Gasteiger partial charge < -0.3 is 5.32 Å². The number of nitrogens with zero attached hydrogens (tertiary/aromatic N) is 2. The standard InChI is InChI=1S/C25H23N5O3/c1-2-16-30-25(33)19-13-7-6-12-18(19)22(29-30)24(32)28-27-23(31)20-14-8-9-15-21(20)26-17-10-4-3-5-11-17/h3-15,26H,2,16H2,1H3,(H,27,31)(H,28,32). The number of carbonyl (C=O) groups excluding carboxylic acids is 2. The maximum absolute atomic E-state index is 12.9. The van der Waals surface area contributed by atoms with Crippen molar-refractivity contribution in [3.05, 3.63) is 100 Å². The Balaban J connectivity index is 1.56. The lowest BCUT2D eigenvalue weighted by Crippen LogP contribution is -2.43. The minimum Gasteiger partial charge on any atom is -0.355 e. The van der Waals surface area contributed by atoms with Crippen molar-refractivity contribution in [2.24, 2.45) is 0 Å². The molecule has 33 heavy (non-hydrogen) atoms. The van der Waals surface area contributed by atoms with E-state index < -0.39 is 11.8 Å². The van der Waals surface area contributed by atoms with Crippen LogP contribution in [0.4, 0.5) is 11.4 Å². The first kappa shape index (κ1) is 21.8. The summed E-state index contributed by atoms with van der Waals surface area (Å²) in [6.07, 6.45) is 0.689. The highest BCUT2D eigenvalue weighted by atomic mass is 16.2. The zero-order valence-electron chi connectivity index (χ0n) is 18.0. The molecule has 1 aromatic heterocycles. The number of hydrazine groups is 1. The Morgan fingerprint density at radius 1 is 0.818 bits per heavy atom. The van der Waals surface area contributed by atoms with Crippen LogP contribution >= 0.6 is 0 Å². The number of aryl methyl sites for hydroxylation is 1. The number of aromatic nitrogens is 2. The number of rotatable bonds is 6. The van der Waals surface area contributed by atoms with Crippen LogP contribution in [0.3, 0.4) is 0 Å². The number of nitrogens with one attached hydrogen (secondary N) is 3. The first-order chi connectivity index (χ1) is 16.1. The van der Waals surface area contributed by atoms with Crippen LogP contribution in [0.25, 0.3) is 10.8 Å². The monoisotopic (exact) mass is 441 g/mol. The molecule has 0 spiro atoms. The molecule has 0 fully saturated rings. The van der Waals surface area contributed by atoms with Crippen LogP contribution in [-0.4, -0.2) is 21.6 Å². The van der Waals surface area contributed by atoms with Crippen LogP contribution in [0.1, 0.15) is 34.2 Å². The molecule has 0 aliphatic carbocycles. The van der Waals surface area contributed by atoms with Gasteiger partial charge in [0.05, 0.1) is 16.6 Å². The van der Waals surface area contributed by atoms with Crippen LogP contribution in [0, 0.1) is 0 Å². The third-order valence-corrected chi connectivity index (χ3v) is 5.03. The minimum atomic E-state index is -0.613. The van der Waals surface area contributed by atoms with Crippen LogP contribution in [-0.2, 0) is 6.54 Å². The smallest absolute Gasteiger partial charge is 0.290 e. The quantitative estimate of drug-likeness (QED) is 0.397. The summed E-state index contributed by atoms with van der Waals surface area (Å²) in [5.41, 5.74) is 6.46. The molecule has 3 aromatic carbocycles. The van der Waals surface area contributed by atoms with E-state index in [1.165, 1.54) is 4.68 Å². The lowest BCUT2D eigenvalue weighted by molar-refractivity contribution is 0.0844. The van der Waals surface area contributed by atoms with Gasteiger partial charge >= 0.3 is 0 Å². The fourth-order valence-electron chi connectivity index (χ4n) is 3.47. The van der Waals surface area contributed by atoms with Crippen molar-refractivity contribution in [2.75, 3.05) is 5.32 Å². The van der Waals surface area contributed by atoms with Gasteiger partial charge in [-0.3, -0.25) is 25.2 Å². The molecule has 0 saturated carbocycles. The molecular weight excluding hydrogens is 418 g/mol. The Kier molecular flexibility index (Phi) is 6.45. The summed E-state index contributed by atoms with van der Waals surface area (Å²) >= 11 is 0. The SMILES string of the molecule is CCCn1nc(C(=O)NNC(=O)c2ccccc2Nc2ccccc2)c2ccccc2c1=O. The number of carbonyl (C=O) groups is 2. The van der Waals surface area contributed by atoms with E-state index in [0.717, 1.165) is 5.69 Å². The fourth-order valence-corrected chi connectivity index (χ4v) is 3.47. The molecule has 3 N–H and O–H groups in total. The molecule has 166 valence electrons. The van der Waals surface area contributed by atoms with Gasteiger partial charge in [-0.15, -0.1) is 0 Å². The molecule has 0 aliphatic heterocycles. The average molecular weight is 441 g/mol. The highest BCUT2D eigenvalue weighted by Crippen LogP contribution is 2.20. The van der Waals surface area contributed by atoms with Gasteiger partial charge in [0, 0.05) is 17.6 Å². The first-order valence-corrected chi connectivity index (χ1v) is 10.6. The second-order valence-corrected chi connectivity index (χ2v) is 7.37. The Morgan fingerprint density at radius 2 is 1.45 bits per heavy atom. The molecule has 0 atom stereocenters. The molecule has 8 heteroatoms. The molecule has 0 saturated heterocycles. The molecule has 4 aromatic rings. The van der Waals surface area contributed by atoms with Crippen molar-refractivity contribution in [1.29, 1.82) is 0 Å². The second-order valence-electron chi connectivity index (χ2n) is 7.37. The van der Waals surface area contributed by atoms with Gasteiger partial charge in [0.2, 0.25) is 0 Å². The molecule has 0 radical (unpaired) electrons. The maximum atomic E-state index is 12.9. The Hall–Kier alpha value is -4.46. The third-order valence-electron chi connectivity index (χ3n) is 5.03. The highest BCUT2D eigenvalue weighted by Gasteiger charge is 2.18. The van der Waals surface area contributed by atoms with Crippen molar-refractivity contribution in [1.82, 2.24) is 20.6 Å². The number of para-hydroxylation sites is 2.